The van der Waals surface area contributed by atoms with Gasteiger partial charge in [-0.15, -0.1) is 11.3 Å². The van der Waals surface area contributed by atoms with Gasteiger partial charge < -0.3 is 14.8 Å². The number of nitrogens with one attached hydrogen (secondary N) is 1. The Bertz CT molecular complexity index is 1010. The SMILES string of the molecule is COc1ccc(OC)c(-c2csc(NC(=O)CN3C(=O)[C@H]4CC=CC[C@@H]4C3=O)n2)c1. The number of hydrogen-bond donors (Lipinski definition) is 1. The molecule has 1 fully saturated rings. The van der Waals surface area contributed by atoms with E-state index in [2.05, 4.69) is 10.3 Å². The Labute approximate surface area is 177 Å². The normalized spacial score (nSPS) is 20.3. The third-order valence-electron chi connectivity index (χ3n) is 5.33. The van der Waals surface area contributed by atoms with Gasteiger partial charge >= 0.3 is 0 Å². The number of benzene rings is 1. The first kappa shape index (κ1) is 20.1. The Hall–Kier alpha value is -3.20. The number of nitrogens with zero attached hydrogens (tertiary/aromatic N) is 2. The number of aromatic nitrogens is 1. The van der Waals surface area contributed by atoms with E-state index in [0.29, 0.717) is 35.2 Å². The van der Waals surface area contributed by atoms with E-state index in [-0.39, 0.29) is 30.2 Å². The molecule has 0 saturated carbocycles. The van der Waals surface area contributed by atoms with Crippen LogP contribution < -0.4 is 14.8 Å². The summed E-state index contributed by atoms with van der Waals surface area (Å²) < 4.78 is 10.6. The molecule has 2 atom stereocenters. The molecule has 0 unspecified atom stereocenters. The van der Waals surface area contributed by atoms with Gasteiger partial charge in [0.05, 0.1) is 31.7 Å². The summed E-state index contributed by atoms with van der Waals surface area (Å²) in [5.41, 5.74) is 1.35. The Morgan fingerprint density at radius 2 is 1.87 bits per heavy atom. The number of rotatable bonds is 6. The maximum absolute atomic E-state index is 12.5. The number of carbonyl (C=O) groups is 3. The predicted octanol–water partition coefficient (Wildman–Crippen LogP) is 2.72. The zero-order chi connectivity index (χ0) is 21.3. The number of thiazole rings is 1. The van der Waals surface area contributed by atoms with Gasteiger partial charge in [0.25, 0.3) is 0 Å². The third-order valence-corrected chi connectivity index (χ3v) is 6.09. The topological polar surface area (TPSA) is 97.8 Å². The van der Waals surface area contributed by atoms with E-state index in [9.17, 15) is 14.4 Å². The lowest BCUT2D eigenvalue weighted by atomic mass is 9.85. The van der Waals surface area contributed by atoms with Gasteiger partial charge in [0, 0.05) is 10.9 Å². The molecule has 156 valence electrons. The fourth-order valence-electron chi connectivity index (χ4n) is 3.80. The third kappa shape index (κ3) is 3.68. The van der Waals surface area contributed by atoms with Gasteiger partial charge in [0.1, 0.15) is 18.0 Å². The van der Waals surface area contributed by atoms with E-state index in [1.165, 1.54) is 11.3 Å². The summed E-state index contributed by atoms with van der Waals surface area (Å²) in [6.45, 7) is -0.304. The number of likely N-dealkylation sites (tertiary alicyclic amines) is 1. The summed E-state index contributed by atoms with van der Waals surface area (Å²) in [5, 5.41) is 4.85. The molecule has 4 rings (SSSR count). The van der Waals surface area contributed by atoms with E-state index in [4.69, 9.17) is 9.47 Å². The fourth-order valence-corrected chi connectivity index (χ4v) is 4.52. The molecule has 2 aromatic rings. The Kier molecular flexibility index (Phi) is 5.54. The molecule has 1 aromatic carbocycles. The van der Waals surface area contributed by atoms with Gasteiger partial charge in [-0.25, -0.2) is 4.98 Å². The van der Waals surface area contributed by atoms with Crippen LogP contribution in [0.5, 0.6) is 11.5 Å². The Morgan fingerprint density at radius 3 is 2.50 bits per heavy atom. The maximum atomic E-state index is 12.5. The Balaban J connectivity index is 1.45. The molecule has 1 aliphatic carbocycles. The molecule has 1 aromatic heterocycles. The zero-order valence-electron chi connectivity index (χ0n) is 16.6. The second-order valence-electron chi connectivity index (χ2n) is 7.07. The number of anilines is 1. The zero-order valence-corrected chi connectivity index (χ0v) is 17.4. The number of ether oxygens (including phenoxy) is 2. The standard InChI is InChI=1S/C21H21N3O5S/c1-28-12-7-8-17(29-2)15(9-12)16-11-30-21(22-16)23-18(25)10-24-19(26)13-5-3-4-6-14(13)20(24)27/h3-4,7-9,11,13-14H,5-6,10H2,1-2H3,(H,22,23,25)/t13-,14-/m0/s1. The van der Waals surface area contributed by atoms with Crippen LogP contribution >= 0.6 is 11.3 Å². The van der Waals surface area contributed by atoms with Crippen LogP contribution in [0.3, 0.4) is 0 Å². The van der Waals surface area contributed by atoms with Crippen molar-refractivity contribution in [3.8, 4) is 22.8 Å². The van der Waals surface area contributed by atoms with Crippen LogP contribution in [-0.4, -0.2) is 48.4 Å². The molecule has 2 aliphatic rings. The van der Waals surface area contributed by atoms with Gasteiger partial charge in [-0.2, -0.15) is 0 Å². The molecule has 9 heteroatoms. The highest BCUT2D eigenvalue weighted by atomic mass is 32.1. The predicted molar refractivity (Wildman–Crippen MR) is 111 cm³/mol. The van der Waals surface area contributed by atoms with Crippen molar-refractivity contribution < 1.29 is 23.9 Å². The Morgan fingerprint density at radius 1 is 1.17 bits per heavy atom. The summed E-state index contributed by atoms with van der Waals surface area (Å²) in [6.07, 6.45) is 4.93. The number of methoxy groups -OCH3 is 2. The molecule has 0 radical (unpaired) electrons. The molecule has 1 N–H and O–H groups in total. The molecule has 2 heterocycles. The van der Waals surface area contributed by atoms with Crippen molar-refractivity contribution in [2.75, 3.05) is 26.1 Å². The van der Waals surface area contributed by atoms with Crippen LogP contribution in [0.15, 0.2) is 35.7 Å². The van der Waals surface area contributed by atoms with Crippen molar-refractivity contribution in [3.63, 3.8) is 0 Å². The lowest BCUT2D eigenvalue weighted by Gasteiger charge is -2.14. The quantitative estimate of drug-likeness (QED) is 0.562. The van der Waals surface area contributed by atoms with Crippen LogP contribution in [-0.2, 0) is 14.4 Å². The monoisotopic (exact) mass is 427 g/mol. The van der Waals surface area contributed by atoms with Crippen molar-refractivity contribution in [2.24, 2.45) is 11.8 Å². The van der Waals surface area contributed by atoms with Crippen molar-refractivity contribution in [1.82, 2.24) is 9.88 Å². The largest absolute Gasteiger partial charge is 0.497 e. The van der Waals surface area contributed by atoms with E-state index in [1.54, 1.807) is 37.8 Å². The molecule has 1 saturated heterocycles. The molecular weight excluding hydrogens is 406 g/mol. The number of allylic oxidation sites excluding steroid dienone is 2. The summed E-state index contributed by atoms with van der Waals surface area (Å²) in [7, 11) is 3.14. The van der Waals surface area contributed by atoms with E-state index >= 15 is 0 Å². The number of fused-ring (bicyclic) bond motifs is 1. The average molecular weight is 427 g/mol. The van der Waals surface area contributed by atoms with Gasteiger partial charge in [0.2, 0.25) is 17.7 Å². The highest BCUT2D eigenvalue weighted by molar-refractivity contribution is 7.14. The summed E-state index contributed by atoms with van der Waals surface area (Å²) >= 11 is 1.25. The number of imide groups is 1. The molecule has 3 amide bonds. The van der Waals surface area contributed by atoms with Crippen molar-refractivity contribution in [1.29, 1.82) is 0 Å². The van der Waals surface area contributed by atoms with Crippen molar-refractivity contribution >= 4 is 34.2 Å². The summed E-state index contributed by atoms with van der Waals surface area (Å²) in [4.78, 5) is 43.0. The smallest absolute Gasteiger partial charge is 0.246 e. The molecule has 30 heavy (non-hydrogen) atoms. The fraction of sp³-hybridized carbons (Fsp3) is 0.333. The second-order valence-corrected chi connectivity index (χ2v) is 7.93. The van der Waals surface area contributed by atoms with Crippen LogP contribution in [0.25, 0.3) is 11.3 Å². The minimum atomic E-state index is -0.457. The highest BCUT2D eigenvalue weighted by Gasteiger charge is 2.47. The van der Waals surface area contributed by atoms with Crippen molar-refractivity contribution in [3.05, 3.63) is 35.7 Å². The van der Waals surface area contributed by atoms with Gasteiger partial charge in [-0.1, -0.05) is 12.2 Å². The van der Waals surface area contributed by atoms with Crippen LogP contribution in [0.4, 0.5) is 5.13 Å². The first-order valence-electron chi connectivity index (χ1n) is 9.49. The van der Waals surface area contributed by atoms with Gasteiger partial charge in [-0.05, 0) is 31.0 Å². The van der Waals surface area contributed by atoms with Gasteiger partial charge in [-0.3, -0.25) is 19.3 Å². The maximum Gasteiger partial charge on any atom is 0.246 e. The van der Waals surface area contributed by atoms with Crippen LogP contribution in [0.1, 0.15) is 12.8 Å². The highest BCUT2D eigenvalue weighted by Crippen LogP contribution is 2.36. The van der Waals surface area contributed by atoms with Crippen molar-refractivity contribution in [2.45, 2.75) is 12.8 Å². The molecule has 0 bridgehead atoms. The van der Waals surface area contributed by atoms with E-state index in [1.807, 2.05) is 12.2 Å². The van der Waals surface area contributed by atoms with Gasteiger partial charge in [0.15, 0.2) is 5.13 Å². The summed E-state index contributed by atoms with van der Waals surface area (Å²) in [6, 6.07) is 5.37. The molecular formula is C21H21N3O5S. The molecule has 8 nitrogen and oxygen atoms in total. The minimum absolute atomic E-state index is 0.273. The average Bonchev–Trinajstić information content (AvgIpc) is 3.32. The molecule has 1 aliphatic heterocycles. The first-order chi connectivity index (χ1) is 14.5. The lowest BCUT2D eigenvalue weighted by molar-refractivity contribution is -0.142. The minimum Gasteiger partial charge on any atom is -0.497 e. The number of hydrogen-bond acceptors (Lipinski definition) is 7. The number of carbonyl (C=O) groups excluding carboxylic acids is 3. The lowest BCUT2D eigenvalue weighted by Crippen LogP contribution is -2.38. The van der Waals surface area contributed by atoms with Crippen LogP contribution in [0, 0.1) is 11.8 Å². The van der Waals surface area contributed by atoms with E-state index in [0.717, 1.165) is 10.5 Å². The number of amides is 3. The second kappa shape index (κ2) is 8.27. The van der Waals surface area contributed by atoms with Crippen LogP contribution in [0.2, 0.25) is 0 Å². The van der Waals surface area contributed by atoms with E-state index < -0.39 is 5.91 Å². The molecule has 0 spiro atoms. The first-order valence-corrected chi connectivity index (χ1v) is 10.4. The summed E-state index contributed by atoms with van der Waals surface area (Å²) in [5.74, 6) is -0.405.